The fourth-order valence-electron chi connectivity index (χ4n) is 5.51. The maximum Gasteiger partial charge on any atom is 0.259 e. The molecule has 168 valence electrons. The van der Waals surface area contributed by atoms with Crippen molar-refractivity contribution >= 4 is 17.5 Å². The summed E-state index contributed by atoms with van der Waals surface area (Å²) in [6.45, 7) is 0.294. The zero-order valence-electron chi connectivity index (χ0n) is 18.3. The molecule has 1 N–H and O–H groups in total. The zero-order chi connectivity index (χ0) is 22.8. The first-order chi connectivity index (χ1) is 16.1. The van der Waals surface area contributed by atoms with Crippen LogP contribution < -0.4 is 10.2 Å². The summed E-state index contributed by atoms with van der Waals surface area (Å²) in [6, 6.07) is 19.2. The Morgan fingerprint density at radius 3 is 2.48 bits per heavy atom. The molecule has 5 nitrogen and oxygen atoms in total. The van der Waals surface area contributed by atoms with E-state index in [1.54, 1.807) is 41.4 Å². The summed E-state index contributed by atoms with van der Waals surface area (Å²) >= 11 is 0. The number of carbonyl (C=O) groups is 2. The Kier molecular flexibility index (Phi) is 5.67. The topological polar surface area (TPSA) is 62.3 Å². The number of carbonyl (C=O) groups excluding carboxylic acids is 2. The Morgan fingerprint density at radius 2 is 1.73 bits per heavy atom. The van der Waals surface area contributed by atoms with Crippen molar-refractivity contribution in [3.63, 3.8) is 0 Å². The van der Waals surface area contributed by atoms with E-state index in [2.05, 4.69) is 10.3 Å². The number of pyridine rings is 1. The highest BCUT2D eigenvalue weighted by atomic mass is 19.1. The molecule has 0 radical (unpaired) electrons. The standard InChI is InChI=1S/C27H26FN3O2/c28-22-13-4-5-14-23(22)31-26(33)21-12-3-2-11-20(21)24(27(31)15-7-1-8-16-27)25(32)30-18-19-10-6-9-17-29-19/h2-6,9-14,17,24H,1,7-8,15-16,18H2,(H,30,32)/t24-/m0/s1. The second-order valence-corrected chi connectivity index (χ2v) is 8.82. The van der Waals surface area contributed by atoms with Gasteiger partial charge in [-0.2, -0.15) is 0 Å². The highest BCUT2D eigenvalue weighted by Crippen LogP contribution is 2.51. The summed E-state index contributed by atoms with van der Waals surface area (Å²) in [5.41, 5.74) is 1.35. The lowest BCUT2D eigenvalue weighted by molar-refractivity contribution is -0.124. The normalized spacial score (nSPS) is 19.2. The van der Waals surface area contributed by atoms with Crippen LogP contribution in [0.15, 0.2) is 72.9 Å². The molecule has 2 amide bonds. The number of halogens is 1. The predicted molar refractivity (Wildman–Crippen MR) is 124 cm³/mol. The number of para-hydroxylation sites is 1. The first kappa shape index (κ1) is 21.3. The third kappa shape index (κ3) is 3.69. The highest BCUT2D eigenvalue weighted by Gasteiger charge is 2.55. The molecule has 1 aromatic heterocycles. The van der Waals surface area contributed by atoms with E-state index in [0.29, 0.717) is 24.9 Å². The van der Waals surface area contributed by atoms with Gasteiger partial charge < -0.3 is 5.32 Å². The van der Waals surface area contributed by atoms with Crippen molar-refractivity contribution in [2.75, 3.05) is 4.90 Å². The van der Waals surface area contributed by atoms with E-state index in [0.717, 1.165) is 30.5 Å². The van der Waals surface area contributed by atoms with Crippen molar-refractivity contribution in [3.05, 3.63) is 95.6 Å². The first-order valence-electron chi connectivity index (χ1n) is 11.5. The van der Waals surface area contributed by atoms with Crippen LogP contribution in [0.25, 0.3) is 0 Å². The molecular weight excluding hydrogens is 417 g/mol. The van der Waals surface area contributed by atoms with Gasteiger partial charge in [0.1, 0.15) is 5.82 Å². The first-order valence-corrected chi connectivity index (χ1v) is 11.5. The van der Waals surface area contributed by atoms with Crippen LogP contribution in [0.5, 0.6) is 0 Å². The van der Waals surface area contributed by atoms with Crippen LogP contribution >= 0.6 is 0 Å². The van der Waals surface area contributed by atoms with E-state index in [9.17, 15) is 9.59 Å². The lowest BCUT2D eigenvalue weighted by Gasteiger charge is -2.53. The number of anilines is 1. The Morgan fingerprint density at radius 1 is 1.00 bits per heavy atom. The van der Waals surface area contributed by atoms with E-state index in [1.807, 2.05) is 30.3 Å². The van der Waals surface area contributed by atoms with Crippen LogP contribution in [0.2, 0.25) is 0 Å². The molecule has 2 heterocycles. The van der Waals surface area contributed by atoms with Gasteiger partial charge in [0.15, 0.2) is 0 Å². The Hall–Kier alpha value is -3.54. The summed E-state index contributed by atoms with van der Waals surface area (Å²) in [5, 5.41) is 3.05. The summed E-state index contributed by atoms with van der Waals surface area (Å²) < 4.78 is 15.1. The van der Waals surface area contributed by atoms with Crippen molar-refractivity contribution in [1.82, 2.24) is 10.3 Å². The Labute approximate surface area is 192 Å². The molecule has 6 heteroatoms. The van der Waals surface area contributed by atoms with E-state index >= 15 is 4.39 Å². The van der Waals surface area contributed by atoms with Crippen LogP contribution in [-0.4, -0.2) is 22.3 Å². The molecule has 1 fully saturated rings. The Balaban J connectivity index is 1.63. The van der Waals surface area contributed by atoms with Gasteiger partial charge in [0, 0.05) is 11.8 Å². The molecule has 1 spiro atoms. The molecule has 1 saturated carbocycles. The number of aromatic nitrogens is 1. The summed E-state index contributed by atoms with van der Waals surface area (Å²) in [6.07, 6.45) is 5.77. The van der Waals surface area contributed by atoms with E-state index in [-0.39, 0.29) is 17.5 Å². The number of benzene rings is 2. The monoisotopic (exact) mass is 443 g/mol. The fourth-order valence-corrected chi connectivity index (χ4v) is 5.51. The molecule has 1 aliphatic heterocycles. The molecular formula is C27H26FN3O2. The molecule has 0 bridgehead atoms. The lowest BCUT2D eigenvalue weighted by Crippen LogP contribution is -2.63. The molecule has 1 aliphatic carbocycles. The van der Waals surface area contributed by atoms with Gasteiger partial charge in [-0.25, -0.2) is 4.39 Å². The van der Waals surface area contributed by atoms with Crippen molar-refractivity contribution in [2.24, 2.45) is 0 Å². The SMILES string of the molecule is O=C(NCc1ccccn1)[C@@H]1c2ccccc2C(=O)N(c2ccccc2F)C12CCCCC2. The zero-order valence-corrected chi connectivity index (χ0v) is 18.3. The van der Waals surface area contributed by atoms with Crippen LogP contribution in [0.4, 0.5) is 10.1 Å². The van der Waals surface area contributed by atoms with Gasteiger partial charge in [-0.1, -0.05) is 55.7 Å². The lowest BCUT2D eigenvalue weighted by atomic mass is 9.65. The average Bonchev–Trinajstić information content (AvgIpc) is 2.85. The number of fused-ring (bicyclic) bond motifs is 1. The van der Waals surface area contributed by atoms with Crippen molar-refractivity contribution in [3.8, 4) is 0 Å². The predicted octanol–water partition coefficient (Wildman–Crippen LogP) is 4.98. The van der Waals surface area contributed by atoms with Crippen LogP contribution in [0.3, 0.4) is 0 Å². The summed E-state index contributed by atoms with van der Waals surface area (Å²) in [4.78, 5) is 33.5. The second-order valence-electron chi connectivity index (χ2n) is 8.82. The van der Waals surface area contributed by atoms with Gasteiger partial charge in [0.2, 0.25) is 5.91 Å². The Bertz CT molecular complexity index is 1170. The van der Waals surface area contributed by atoms with Gasteiger partial charge in [-0.15, -0.1) is 0 Å². The van der Waals surface area contributed by atoms with Gasteiger partial charge in [0.25, 0.3) is 5.91 Å². The summed E-state index contributed by atoms with van der Waals surface area (Å²) in [7, 11) is 0. The van der Waals surface area contributed by atoms with Gasteiger partial charge in [-0.3, -0.25) is 19.5 Å². The second kappa shape index (κ2) is 8.77. The van der Waals surface area contributed by atoms with Crippen molar-refractivity contribution in [1.29, 1.82) is 0 Å². The van der Waals surface area contributed by atoms with Crippen LogP contribution in [0.1, 0.15) is 59.6 Å². The smallest absolute Gasteiger partial charge is 0.259 e. The molecule has 1 atom stereocenters. The minimum absolute atomic E-state index is 0.163. The molecule has 33 heavy (non-hydrogen) atoms. The molecule has 2 aliphatic rings. The van der Waals surface area contributed by atoms with E-state index in [1.165, 1.54) is 6.07 Å². The highest BCUT2D eigenvalue weighted by molar-refractivity contribution is 6.12. The number of amides is 2. The number of rotatable bonds is 4. The number of nitrogens with zero attached hydrogens (tertiary/aromatic N) is 2. The van der Waals surface area contributed by atoms with Crippen LogP contribution in [-0.2, 0) is 11.3 Å². The van der Waals surface area contributed by atoms with Gasteiger partial charge >= 0.3 is 0 Å². The van der Waals surface area contributed by atoms with Crippen LogP contribution in [0, 0.1) is 5.82 Å². The molecule has 5 rings (SSSR count). The minimum Gasteiger partial charge on any atom is -0.350 e. The van der Waals surface area contributed by atoms with Gasteiger partial charge in [0.05, 0.1) is 29.4 Å². The average molecular weight is 444 g/mol. The third-order valence-electron chi connectivity index (χ3n) is 6.93. The number of nitrogens with one attached hydrogen (secondary N) is 1. The quantitative estimate of drug-likeness (QED) is 0.618. The largest absolute Gasteiger partial charge is 0.350 e. The third-order valence-corrected chi connectivity index (χ3v) is 6.93. The molecule has 0 unspecified atom stereocenters. The molecule has 0 saturated heterocycles. The fraction of sp³-hybridized carbons (Fsp3) is 0.296. The van der Waals surface area contributed by atoms with E-state index in [4.69, 9.17) is 0 Å². The number of hydrogen-bond donors (Lipinski definition) is 1. The van der Waals surface area contributed by atoms with Crippen molar-refractivity contribution in [2.45, 2.75) is 50.1 Å². The number of hydrogen-bond acceptors (Lipinski definition) is 3. The van der Waals surface area contributed by atoms with E-state index < -0.39 is 17.3 Å². The molecule has 2 aromatic carbocycles. The minimum atomic E-state index is -0.819. The van der Waals surface area contributed by atoms with Crippen molar-refractivity contribution < 1.29 is 14.0 Å². The summed E-state index contributed by atoms with van der Waals surface area (Å²) in [5.74, 6) is -1.46. The maximum atomic E-state index is 15.1. The molecule has 3 aromatic rings. The van der Waals surface area contributed by atoms with Gasteiger partial charge in [-0.05, 0) is 48.7 Å². The maximum absolute atomic E-state index is 15.1.